The van der Waals surface area contributed by atoms with Crippen LogP contribution in [0.1, 0.15) is 0 Å². The predicted octanol–water partition coefficient (Wildman–Crippen LogP) is 0.423. The van der Waals surface area contributed by atoms with Crippen LogP contribution in [0.2, 0.25) is 0 Å². The summed E-state index contributed by atoms with van der Waals surface area (Å²) >= 11 is 0. The zero-order valence-electron chi connectivity index (χ0n) is 5.74. The minimum Gasteiger partial charge on any atom is -0.479 e. The molecule has 56 valence electrons. The van der Waals surface area contributed by atoms with Crippen LogP contribution in [0.15, 0.2) is 35.6 Å². The smallest absolute Gasteiger partial charge is 0.330 e. The molecule has 0 radical (unpaired) electrons. The summed E-state index contributed by atoms with van der Waals surface area (Å²) in [7, 11) is 0. The van der Waals surface area contributed by atoms with Crippen molar-refractivity contribution in [2.45, 2.75) is 6.04 Å². The van der Waals surface area contributed by atoms with E-state index in [1.165, 1.54) is 0 Å². The lowest BCUT2D eigenvalue weighted by Crippen LogP contribution is -2.29. The van der Waals surface area contributed by atoms with Crippen LogP contribution < -0.4 is 5.32 Å². The first-order chi connectivity index (χ1) is 5.27. The highest BCUT2D eigenvalue weighted by atomic mass is 16.4. The van der Waals surface area contributed by atoms with Gasteiger partial charge >= 0.3 is 5.97 Å². The second kappa shape index (κ2) is 1.99. The van der Waals surface area contributed by atoms with E-state index in [9.17, 15) is 4.79 Å². The molecular weight excluding hydrogens is 142 g/mol. The topological polar surface area (TPSA) is 49.3 Å². The second-order valence-corrected chi connectivity index (χ2v) is 2.52. The van der Waals surface area contributed by atoms with Gasteiger partial charge in [-0.05, 0) is 17.7 Å². The first-order valence-corrected chi connectivity index (χ1v) is 3.37. The molecule has 1 heterocycles. The molecule has 0 spiro atoms. The monoisotopic (exact) mass is 149 g/mol. The van der Waals surface area contributed by atoms with Crippen molar-refractivity contribution in [1.82, 2.24) is 5.32 Å². The van der Waals surface area contributed by atoms with Gasteiger partial charge < -0.3 is 10.4 Å². The molecule has 3 nitrogen and oxygen atoms in total. The molecule has 11 heavy (non-hydrogen) atoms. The summed E-state index contributed by atoms with van der Waals surface area (Å²) in [5.41, 5.74) is 1.90. The van der Waals surface area contributed by atoms with Crippen molar-refractivity contribution in [3.63, 3.8) is 0 Å². The van der Waals surface area contributed by atoms with E-state index in [0.717, 1.165) is 11.3 Å². The number of carboxylic acid groups (broad SMARTS) is 1. The lowest BCUT2D eigenvalue weighted by molar-refractivity contribution is -0.137. The van der Waals surface area contributed by atoms with Crippen molar-refractivity contribution in [1.29, 1.82) is 0 Å². The third-order valence-corrected chi connectivity index (χ3v) is 1.77. The highest BCUT2D eigenvalue weighted by molar-refractivity contribution is 5.79. The summed E-state index contributed by atoms with van der Waals surface area (Å²) in [6.45, 7) is 0. The first kappa shape index (κ1) is 6.22. The summed E-state index contributed by atoms with van der Waals surface area (Å²) in [5.74, 6) is -0.832. The van der Waals surface area contributed by atoms with E-state index < -0.39 is 12.0 Å². The molecule has 0 amide bonds. The van der Waals surface area contributed by atoms with E-state index in [0.29, 0.717) is 0 Å². The molecule has 2 aliphatic rings. The van der Waals surface area contributed by atoms with Gasteiger partial charge in [-0.3, -0.25) is 0 Å². The van der Waals surface area contributed by atoms with Gasteiger partial charge in [0.25, 0.3) is 0 Å². The first-order valence-electron chi connectivity index (χ1n) is 3.37. The van der Waals surface area contributed by atoms with Crippen LogP contribution in [0.4, 0.5) is 0 Å². The Morgan fingerprint density at radius 3 is 3.09 bits per heavy atom. The average molecular weight is 149 g/mol. The minimum atomic E-state index is -0.832. The number of rotatable bonds is 1. The summed E-state index contributed by atoms with van der Waals surface area (Å²) in [5, 5.41) is 11.5. The molecule has 0 saturated heterocycles. The lowest BCUT2D eigenvalue weighted by atomic mass is 10.2. The van der Waals surface area contributed by atoms with E-state index in [2.05, 4.69) is 5.32 Å². The number of fused-ring (bicyclic) bond motifs is 1. The van der Waals surface area contributed by atoms with Crippen LogP contribution >= 0.6 is 0 Å². The maximum Gasteiger partial charge on any atom is 0.330 e. The van der Waals surface area contributed by atoms with Crippen molar-refractivity contribution >= 4 is 5.97 Å². The van der Waals surface area contributed by atoms with Crippen molar-refractivity contribution < 1.29 is 9.90 Å². The molecule has 2 rings (SSSR count). The number of carboxylic acids is 1. The van der Waals surface area contributed by atoms with Gasteiger partial charge in [0.1, 0.15) is 6.04 Å². The Morgan fingerprint density at radius 1 is 1.64 bits per heavy atom. The number of hydrogen-bond acceptors (Lipinski definition) is 2. The third-order valence-electron chi connectivity index (χ3n) is 1.77. The third kappa shape index (κ3) is 0.852. The molecule has 1 atom stereocenters. The molecule has 1 unspecified atom stereocenters. The number of aliphatic carboxylic acids is 1. The van der Waals surface area contributed by atoms with Crippen LogP contribution in [-0.2, 0) is 4.79 Å². The van der Waals surface area contributed by atoms with E-state index in [1.807, 2.05) is 18.2 Å². The number of carbonyl (C=O) groups is 1. The van der Waals surface area contributed by atoms with Gasteiger partial charge in [0.2, 0.25) is 0 Å². The Balaban J connectivity index is 2.27. The Labute approximate surface area is 63.7 Å². The van der Waals surface area contributed by atoms with Gasteiger partial charge in [-0.25, -0.2) is 4.79 Å². The molecule has 0 aromatic heterocycles. The zero-order chi connectivity index (χ0) is 7.84. The molecule has 0 aromatic rings. The Bertz CT molecular complexity index is 299. The number of allylic oxidation sites excluding steroid dienone is 3. The molecule has 0 fully saturated rings. The van der Waals surface area contributed by atoms with E-state index in [4.69, 9.17) is 5.11 Å². The van der Waals surface area contributed by atoms with Gasteiger partial charge in [-0.15, -0.1) is 0 Å². The fourth-order valence-electron chi connectivity index (χ4n) is 1.23. The maximum atomic E-state index is 10.5. The SMILES string of the molecule is O=C(O)C1C=C2C=CC=C2N1. The lowest BCUT2D eigenvalue weighted by Gasteiger charge is -2.03. The summed E-state index contributed by atoms with van der Waals surface area (Å²) < 4.78 is 0. The van der Waals surface area contributed by atoms with Gasteiger partial charge in [-0.2, -0.15) is 0 Å². The molecule has 0 bridgehead atoms. The molecule has 1 aliphatic heterocycles. The quantitative estimate of drug-likeness (QED) is 0.568. The molecule has 0 aromatic carbocycles. The van der Waals surface area contributed by atoms with Crippen LogP contribution in [0.5, 0.6) is 0 Å². The minimum absolute atomic E-state index is 0.541. The fraction of sp³-hybridized carbons (Fsp3) is 0.125. The van der Waals surface area contributed by atoms with Gasteiger partial charge in [0, 0.05) is 5.70 Å². The van der Waals surface area contributed by atoms with E-state index in [1.54, 1.807) is 6.08 Å². The molecular formula is C8H7NO2. The van der Waals surface area contributed by atoms with Crippen LogP contribution in [0.25, 0.3) is 0 Å². The molecule has 3 heteroatoms. The van der Waals surface area contributed by atoms with Crippen molar-refractivity contribution in [2.75, 3.05) is 0 Å². The summed E-state index contributed by atoms with van der Waals surface area (Å²) in [6.07, 6.45) is 7.37. The highest BCUT2D eigenvalue weighted by Gasteiger charge is 2.24. The van der Waals surface area contributed by atoms with Crippen LogP contribution in [0, 0.1) is 0 Å². The fourth-order valence-corrected chi connectivity index (χ4v) is 1.23. The Hall–Kier alpha value is -1.51. The average Bonchev–Trinajstić information content (AvgIpc) is 2.40. The molecule has 2 N–H and O–H groups in total. The largest absolute Gasteiger partial charge is 0.479 e. The van der Waals surface area contributed by atoms with E-state index >= 15 is 0 Å². The van der Waals surface area contributed by atoms with Gasteiger partial charge in [0.05, 0.1) is 0 Å². The molecule has 0 saturated carbocycles. The normalized spacial score (nSPS) is 25.6. The summed E-state index contributed by atoms with van der Waals surface area (Å²) in [4.78, 5) is 10.5. The van der Waals surface area contributed by atoms with Gasteiger partial charge in [-0.1, -0.05) is 12.2 Å². The number of nitrogens with one attached hydrogen (secondary N) is 1. The maximum absolute atomic E-state index is 10.5. The summed E-state index contributed by atoms with van der Waals surface area (Å²) in [6, 6.07) is -0.541. The molecule has 1 aliphatic carbocycles. The van der Waals surface area contributed by atoms with Crippen molar-refractivity contribution in [3.8, 4) is 0 Å². The Kier molecular flexibility index (Phi) is 1.12. The van der Waals surface area contributed by atoms with Gasteiger partial charge in [0.15, 0.2) is 0 Å². The Morgan fingerprint density at radius 2 is 2.45 bits per heavy atom. The van der Waals surface area contributed by atoms with Crippen molar-refractivity contribution in [2.24, 2.45) is 0 Å². The van der Waals surface area contributed by atoms with Crippen LogP contribution in [-0.4, -0.2) is 17.1 Å². The second-order valence-electron chi connectivity index (χ2n) is 2.52. The zero-order valence-corrected chi connectivity index (χ0v) is 5.74. The standard InChI is InChI=1S/C8H7NO2/c10-8(11)7-4-5-2-1-3-6(5)9-7/h1-4,7,9H,(H,10,11). The predicted molar refractivity (Wildman–Crippen MR) is 39.9 cm³/mol. The van der Waals surface area contributed by atoms with Crippen molar-refractivity contribution in [3.05, 3.63) is 35.6 Å². The highest BCUT2D eigenvalue weighted by Crippen LogP contribution is 2.22. The van der Waals surface area contributed by atoms with Crippen LogP contribution in [0.3, 0.4) is 0 Å². The number of hydrogen-bond donors (Lipinski definition) is 2. The van der Waals surface area contributed by atoms with E-state index in [-0.39, 0.29) is 0 Å².